The number of esters is 1. The predicted molar refractivity (Wildman–Crippen MR) is 123 cm³/mol. The maximum atomic E-state index is 12.8. The molecule has 0 aliphatic carbocycles. The SMILES string of the molecule is COc1cc(OC)c2c(=O)[nH]c(-c3cc(OC)c(OC(=O)C(C)(C)Br)c(OC)c3)nc2c1. The third-order valence-electron chi connectivity index (χ3n) is 4.62. The van der Waals surface area contributed by atoms with Crippen LogP contribution in [0, 0.1) is 0 Å². The molecule has 1 N–H and O–H groups in total. The van der Waals surface area contributed by atoms with E-state index >= 15 is 0 Å². The van der Waals surface area contributed by atoms with E-state index in [1.54, 1.807) is 38.1 Å². The van der Waals surface area contributed by atoms with Gasteiger partial charge in [0.1, 0.15) is 27.0 Å². The number of rotatable bonds is 7. The molecule has 10 heteroatoms. The fourth-order valence-electron chi connectivity index (χ4n) is 2.96. The van der Waals surface area contributed by atoms with Crippen molar-refractivity contribution in [3.63, 3.8) is 0 Å². The Morgan fingerprint density at radius 3 is 2.03 bits per heavy atom. The van der Waals surface area contributed by atoms with Crippen LogP contribution in [0.4, 0.5) is 0 Å². The Morgan fingerprint density at radius 2 is 1.53 bits per heavy atom. The fraction of sp³-hybridized carbons (Fsp3) is 0.318. The summed E-state index contributed by atoms with van der Waals surface area (Å²) in [6.45, 7) is 3.32. The monoisotopic (exact) mass is 506 g/mol. The van der Waals surface area contributed by atoms with E-state index < -0.39 is 10.3 Å². The van der Waals surface area contributed by atoms with Gasteiger partial charge < -0.3 is 28.7 Å². The van der Waals surface area contributed by atoms with Crippen molar-refractivity contribution in [2.24, 2.45) is 0 Å². The molecule has 0 spiro atoms. The van der Waals surface area contributed by atoms with Gasteiger partial charge in [-0.05, 0) is 26.0 Å². The Labute approximate surface area is 192 Å². The Balaban J connectivity index is 2.19. The molecule has 3 rings (SSSR count). The molecule has 2 aromatic carbocycles. The van der Waals surface area contributed by atoms with Crippen LogP contribution in [0.15, 0.2) is 29.1 Å². The molecule has 1 aromatic heterocycles. The average Bonchev–Trinajstić information content (AvgIpc) is 2.77. The van der Waals surface area contributed by atoms with E-state index in [-0.39, 0.29) is 28.6 Å². The highest BCUT2D eigenvalue weighted by molar-refractivity contribution is 9.10. The Bertz CT molecular complexity index is 1210. The summed E-state index contributed by atoms with van der Waals surface area (Å²) in [6, 6.07) is 6.43. The number of nitrogens with one attached hydrogen (secondary N) is 1. The zero-order chi connectivity index (χ0) is 23.6. The Kier molecular flexibility index (Phi) is 6.63. The topological polar surface area (TPSA) is 109 Å². The largest absolute Gasteiger partial charge is 0.497 e. The molecule has 0 bridgehead atoms. The van der Waals surface area contributed by atoms with E-state index in [1.807, 2.05) is 0 Å². The third-order valence-corrected chi connectivity index (χ3v) is 4.94. The van der Waals surface area contributed by atoms with Gasteiger partial charge in [-0.15, -0.1) is 0 Å². The van der Waals surface area contributed by atoms with Crippen LogP contribution in [0.25, 0.3) is 22.3 Å². The first-order chi connectivity index (χ1) is 15.1. The fourth-order valence-corrected chi connectivity index (χ4v) is 3.04. The number of aromatic nitrogens is 2. The number of H-pyrrole nitrogens is 1. The standard InChI is InChI=1S/C22H23BrN2O7/c1-22(2,23)21(27)32-18-15(30-5)7-11(8-16(18)31-6)19-24-13-9-12(28-3)10-14(29-4)17(13)20(26)25-19/h7-10H,1-6H3,(H,24,25,26). The minimum absolute atomic E-state index is 0.114. The quantitative estimate of drug-likeness (QED) is 0.293. The summed E-state index contributed by atoms with van der Waals surface area (Å²) in [7, 11) is 5.84. The van der Waals surface area contributed by atoms with Gasteiger partial charge in [-0.2, -0.15) is 0 Å². The second-order valence-electron chi connectivity index (χ2n) is 7.21. The molecule has 0 aliphatic rings. The summed E-state index contributed by atoms with van der Waals surface area (Å²) in [4.78, 5) is 32.5. The number of alkyl halides is 1. The highest BCUT2D eigenvalue weighted by Gasteiger charge is 2.29. The molecule has 32 heavy (non-hydrogen) atoms. The first-order valence-electron chi connectivity index (χ1n) is 9.46. The summed E-state index contributed by atoms with van der Waals surface area (Å²) in [5.74, 6) is 1.14. The zero-order valence-corrected chi connectivity index (χ0v) is 20.1. The van der Waals surface area contributed by atoms with E-state index in [1.165, 1.54) is 28.4 Å². The van der Waals surface area contributed by atoms with E-state index in [0.29, 0.717) is 28.0 Å². The lowest BCUT2D eigenvalue weighted by molar-refractivity contribution is -0.136. The van der Waals surface area contributed by atoms with Crippen LogP contribution in [-0.4, -0.2) is 48.7 Å². The van der Waals surface area contributed by atoms with Gasteiger partial charge in [-0.1, -0.05) is 15.9 Å². The molecular weight excluding hydrogens is 484 g/mol. The number of aromatic amines is 1. The van der Waals surface area contributed by atoms with E-state index in [2.05, 4.69) is 25.9 Å². The number of nitrogens with zero attached hydrogens (tertiary/aromatic N) is 1. The molecule has 170 valence electrons. The van der Waals surface area contributed by atoms with Crippen molar-refractivity contribution >= 4 is 32.8 Å². The van der Waals surface area contributed by atoms with Gasteiger partial charge in [0.2, 0.25) is 5.75 Å². The minimum atomic E-state index is -0.912. The molecule has 3 aromatic rings. The highest BCUT2D eigenvalue weighted by Crippen LogP contribution is 2.42. The predicted octanol–water partition coefficient (Wildman–Crippen LogP) is 3.70. The first-order valence-corrected chi connectivity index (χ1v) is 10.3. The van der Waals surface area contributed by atoms with Crippen LogP contribution in [0.2, 0.25) is 0 Å². The van der Waals surface area contributed by atoms with Gasteiger partial charge in [0.15, 0.2) is 11.5 Å². The molecule has 1 heterocycles. The number of carbonyl (C=O) groups is 1. The number of halogens is 1. The third kappa shape index (κ3) is 4.50. The van der Waals surface area contributed by atoms with Crippen LogP contribution in [-0.2, 0) is 4.79 Å². The van der Waals surface area contributed by atoms with Gasteiger partial charge in [0.05, 0.1) is 34.0 Å². The zero-order valence-electron chi connectivity index (χ0n) is 18.5. The van der Waals surface area contributed by atoms with Gasteiger partial charge >= 0.3 is 5.97 Å². The average molecular weight is 507 g/mol. The van der Waals surface area contributed by atoms with Crippen molar-refractivity contribution in [1.29, 1.82) is 0 Å². The highest BCUT2D eigenvalue weighted by atomic mass is 79.9. The molecule has 0 saturated carbocycles. The summed E-state index contributed by atoms with van der Waals surface area (Å²) < 4.78 is 26.0. The normalized spacial score (nSPS) is 11.2. The van der Waals surface area contributed by atoms with Gasteiger partial charge in [0, 0.05) is 17.7 Å². The molecule has 0 amide bonds. The molecule has 0 fully saturated rings. The second-order valence-corrected chi connectivity index (χ2v) is 9.19. The lowest BCUT2D eigenvalue weighted by atomic mass is 10.1. The molecule has 0 unspecified atom stereocenters. The van der Waals surface area contributed by atoms with Crippen molar-refractivity contribution in [1.82, 2.24) is 9.97 Å². The van der Waals surface area contributed by atoms with E-state index in [9.17, 15) is 9.59 Å². The molecule has 0 saturated heterocycles. The van der Waals surface area contributed by atoms with Crippen molar-refractivity contribution in [3.05, 3.63) is 34.6 Å². The molecule has 0 atom stereocenters. The lowest BCUT2D eigenvalue weighted by Crippen LogP contribution is -2.29. The number of benzene rings is 2. The second kappa shape index (κ2) is 9.07. The molecule has 0 radical (unpaired) electrons. The summed E-state index contributed by atoms with van der Waals surface area (Å²) >= 11 is 3.27. The molecule has 9 nitrogen and oxygen atoms in total. The molecular formula is C22H23BrN2O7. The van der Waals surface area contributed by atoms with Gasteiger partial charge in [-0.25, -0.2) is 4.98 Å². The number of hydrogen-bond acceptors (Lipinski definition) is 8. The smallest absolute Gasteiger partial charge is 0.327 e. The number of fused-ring (bicyclic) bond motifs is 1. The molecule has 0 aliphatic heterocycles. The van der Waals surface area contributed by atoms with Gasteiger partial charge in [0.25, 0.3) is 5.56 Å². The van der Waals surface area contributed by atoms with Crippen molar-refractivity contribution in [2.75, 3.05) is 28.4 Å². The summed E-state index contributed by atoms with van der Waals surface area (Å²) in [5, 5.41) is 0.293. The Hall–Kier alpha value is -3.27. The number of methoxy groups -OCH3 is 4. The van der Waals surface area contributed by atoms with Crippen LogP contribution >= 0.6 is 15.9 Å². The minimum Gasteiger partial charge on any atom is -0.497 e. The van der Waals surface area contributed by atoms with E-state index in [0.717, 1.165) is 0 Å². The lowest BCUT2D eigenvalue weighted by Gasteiger charge is -2.19. The first kappa shape index (κ1) is 23.4. The maximum Gasteiger partial charge on any atom is 0.327 e. The van der Waals surface area contributed by atoms with E-state index in [4.69, 9.17) is 23.7 Å². The van der Waals surface area contributed by atoms with Crippen molar-refractivity contribution < 1.29 is 28.5 Å². The summed E-state index contributed by atoms with van der Waals surface area (Å²) in [6.07, 6.45) is 0. The number of carbonyl (C=O) groups excluding carboxylic acids is 1. The maximum absolute atomic E-state index is 12.8. The van der Waals surface area contributed by atoms with Crippen LogP contribution in [0.1, 0.15) is 13.8 Å². The van der Waals surface area contributed by atoms with Crippen molar-refractivity contribution in [2.45, 2.75) is 18.2 Å². The summed E-state index contributed by atoms with van der Waals surface area (Å²) in [5.41, 5.74) is 0.478. The van der Waals surface area contributed by atoms with Crippen LogP contribution < -0.4 is 29.2 Å². The van der Waals surface area contributed by atoms with Crippen LogP contribution in [0.5, 0.6) is 28.7 Å². The van der Waals surface area contributed by atoms with Crippen LogP contribution in [0.3, 0.4) is 0 Å². The number of ether oxygens (including phenoxy) is 5. The van der Waals surface area contributed by atoms with Crippen molar-refractivity contribution in [3.8, 4) is 40.1 Å². The number of hydrogen-bond donors (Lipinski definition) is 1. The Morgan fingerprint density at radius 1 is 0.938 bits per heavy atom. The van der Waals surface area contributed by atoms with Gasteiger partial charge in [-0.3, -0.25) is 9.59 Å².